The Morgan fingerprint density at radius 2 is 1.88 bits per heavy atom. The maximum absolute atomic E-state index is 12.3. The zero-order valence-electron chi connectivity index (χ0n) is 18.5. The maximum atomic E-state index is 12.3. The zero-order chi connectivity index (χ0) is 23.5. The van der Waals surface area contributed by atoms with Crippen molar-refractivity contribution in [1.29, 1.82) is 0 Å². The summed E-state index contributed by atoms with van der Waals surface area (Å²) in [4.78, 5) is 21.2. The van der Waals surface area contributed by atoms with Crippen LogP contribution in [0.15, 0.2) is 23.1 Å². The van der Waals surface area contributed by atoms with Crippen molar-refractivity contribution in [1.82, 2.24) is 14.7 Å². The molecule has 0 spiro atoms. The largest absolute Gasteiger partial charge is 0.393 e. The average Bonchev–Trinajstić information content (AvgIpc) is 2.76. The Morgan fingerprint density at radius 3 is 2.47 bits per heavy atom. The number of benzene rings is 1. The van der Waals surface area contributed by atoms with E-state index in [2.05, 4.69) is 25.3 Å². The van der Waals surface area contributed by atoms with Crippen LogP contribution in [0.5, 0.6) is 0 Å². The van der Waals surface area contributed by atoms with Gasteiger partial charge in [0.15, 0.2) is 11.5 Å². The van der Waals surface area contributed by atoms with E-state index in [0.29, 0.717) is 42.0 Å². The summed E-state index contributed by atoms with van der Waals surface area (Å²) >= 11 is 0. The second-order valence-electron chi connectivity index (χ2n) is 7.90. The van der Waals surface area contributed by atoms with Gasteiger partial charge in [-0.05, 0) is 63.8 Å². The fourth-order valence-corrected chi connectivity index (χ4v) is 4.71. The first kappa shape index (κ1) is 23.9. The van der Waals surface area contributed by atoms with Crippen LogP contribution in [0.3, 0.4) is 0 Å². The number of aliphatic hydroxyl groups excluding tert-OH is 1. The van der Waals surface area contributed by atoms with Crippen molar-refractivity contribution in [2.24, 2.45) is 5.73 Å². The molecule has 0 bridgehead atoms. The summed E-state index contributed by atoms with van der Waals surface area (Å²) in [7, 11) is -2.32. The number of aromatic nitrogens is 2. The van der Waals surface area contributed by atoms with E-state index in [1.165, 1.54) is 13.1 Å². The first-order chi connectivity index (χ1) is 15.1. The lowest BCUT2D eigenvalue weighted by Gasteiger charge is -2.27. The van der Waals surface area contributed by atoms with Crippen LogP contribution in [-0.4, -0.2) is 48.6 Å². The first-order valence-electron chi connectivity index (χ1n) is 10.6. The number of anilines is 3. The normalized spacial score (nSPS) is 18.9. The number of aliphatic hydroxyl groups is 1. The smallest absolute Gasteiger partial charge is 0.271 e. The van der Waals surface area contributed by atoms with E-state index in [4.69, 9.17) is 5.73 Å². The third-order valence-electron chi connectivity index (χ3n) is 5.58. The summed E-state index contributed by atoms with van der Waals surface area (Å²) in [6.07, 6.45) is 3.29. The highest BCUT2D eigenvalue weighted by Crippen LogP contribution is 2.28. The van der Waals surface area contributed by atoms with E-state index >= 15 is 0 Å². The van der Waals surface area contributed by atoms with Crippen molar-refractivity contribution in [2.75, 3.05) is 17.7 Å². The molecule has 1 saturated carbocycles. The molecule has 0 atom stereocenters. The molecule has 1 aromatic carbocycles. The van der Waals surface area contributed by atoms with E-state index < -0.39 is 15.9 Å². The van der Waals surface area contributed by atoms with Crippen LogP contribution in [0.1, 0.15) is 54.4 Å². The van der Waals surface area contributed by atoms with E-state index in [0.717, 1.165) is 12.8 Å². The van der Waals surface area contributed by atoms with Gasteiger partial charge in [0.2, 0.25) is 10.0 Å². The highest BCUT2D eigenvalue weighted by molar-refractivity contribution is 7.89. The fraction of sp³-hybridized carbons (Fsp3) is 0.476. The summed E-state index contributed by atoms with van der Waals surface area (Å²) in [5, 5.41) is 16.1. The Bertz CT molecular complexity index is 1100. The van der Waals surface area contributed by atoms with Crippen molar-refractivity contribution in [2.45, 2.75) is 63.0 Å². The van der Waals surface area contributed by atoms with Gasteiger partial charge in [0, 0.05) is 11.7 Å². The molecule has 0 unspecified atom stereocenters. The second kappa shape index (κ2) is 9.80. The number of carbonyl (C=O) groups is 1. The van der Waals surface area contributed by atoms with Crippen molar-refractivity contribution in [3.63, 3.8) is 0 Å². The van der Waals surface area contributed by atoms with Gasteiger partial charge < -0.3 is 21.5 Å². The number of amides is 1. The number of rotatable bonds is 8. The number of carbonyl (C=O) groups excluding carboxylic acids is 1. The molecule has 1 heterocycles. The summed E-state index contributed by atoms with van der Waals surface area (Å²) in [5.41, 5.74) is 7.14. The summed E-state index contributed by atoms with van der Waals surface area (Å²) in [6.45, 7) is 3.61. The molecule has 174 valence electrons. The summed E-state index contributed by atoms with van der Waals surface area (Å²) < 4.78 is 26.9. The Labute approximate surface area is 188 Å². The highest BCUT2D eigenvalue weighted by Gasteiger charge is 2.23. The van der Waals surface area contributed by atoms with E-state index in [9.17, 15) is 18.3 Å². The predicted octanol–water partition coefficient (Wildman–Crippen LogP) is 1.81. The van der Waals surface area contributed by atoms with Gasteiger partial charge in [0.1, 0.15) is 5.82 Å². The number of nitrogens with two attached hydrogens (primary N) is 1. The molecule has 32 heavy (non-hydrogen) atoms. The molecule has 11 heteroatoms. The van der Waals surface area contributed by atoms with Crippen molar-refractivity contribution < 1.29 is 18.3 Å². The number of primary amides is 1. The Morgan fingerprint density at radius 1 is 1.19 bits per heavy atom. The molecule has 1 fully saturated rings. The molecular formula is C21H30N6O4S. The van der Waals surface area contributed by atoms with Crippen LogP contribution in [0, 0.1) is 6.92 Å². The molecule has 10 nitrogen and oxygen atoms in total. The number of nitrogens with zero attached hydrogens (tertiary/aromatic N) is 2. The molecule has 1 amide bonds. The Kier molecular flexibility index (Phi) is 7.32. The van der Waals surface area contributed by atoms with Gasteiger partial charge in [-0.15, -0.1) is 0 Å². The van der Waals surface area contributed by atoms with Gasteiger partial charge in [-0.1, -0.05) is 13.0 Å². The van der Waals surface area contributed by atoms with Gasteiger partial charge >= 0.3 is 0 Å². The van der Waals surface area contributed by atoms with Crippen LogP contribution in [0.25, 0.3) is 0 Å². The standard InChI is InChI=1S/C21H30N6O4S/c1-4-16-20(24-13-7-9-15(28)10-8-13)27-21(18(26-16)19(22)29)25-14-6-5-12(2)17(11-14)32(30,31)23-3/h5-6,11,13,15,23,28H,4,7-10H2,1-3H3,(H2,22,29)(H2,24,25,27). The van der Waals surface area contributed by atoms with Crippen LogP contribution < -0.4 is 21.1 Å². The van der Waals surface area contributed by atoms with Crippen LogP contribution in [0.4, 0.5) is 17.3 Å². The topological polar surface area (TPSA) is 159 Å². The number of sulfonamides is 1. The quantitative estimate of drug-likeness (QED) is 0.397. The third kappa shape index (κ3) is 5.34. The molecule has 2 aromatic rings. The van der Waals surface area contributed by atoms with Crippen LogP contribution >= 0.6 is 0 Å². The Balaban J connectivity index is 1.98. The number of hydrogen-bond acceptors (Lipinski definition) is 8. The minimum atomic E-state index is -3.66. The minimum absolute atomic E-state index is 0.0231. The maximum Gasteiger partial charge on any atom is 0.271 e. The van der Waals surface area contributed by atoms with Crippen molar-refractivity contribution in [3.8, 4) is 0 Å². The lowest BCUT2D eigenvalue weighted by molar-refractivity contribution is 0.0996. The molecule has 3 rings (SSSR count). The van der Waals surface area contributed by atoms with E-state index in [1.54, 1.807) is 19.1 Å². The van der Waals surface area contributed by atoms with Crippen molar-refractivity contribution >= 4 is 33.3 Å². The van der Waals surface area contributed by atoms with Gasteiger partial charge in [-0.25, -0.2) is 23.1 Å². The molecule has 0 saturated heterocycles. The SMILES string of the molecule is CCc1nc(C(N)=O)c(Nc2ccc(C)c(S(=O)(=O)NC)c2)nc1NC1CCC(O)CC1. The third-order valence-corrected chi connectivity index (χ3v) is 7.14. The molecule has 0 aliphatic heterocycles. The number of nitrogens with one attached hydrogen (secondary N) is 3. The molecule has 1 aliphatic carbocycles. The highest BCUT2D eigenvalue weighted by atomic mass is 32.2. The molecule has 0 radical (unpaired) electrons. The van der Waals surface area contributed by atoms with Gasteiger partial charge in [-0.3, -0.25) is 4.79 Å². The monoisotopic (exact) mass is 462 g/mol. The zero-order valence-corrected chi connectivity index (χ0v) is 19.3. The first-order valence-corrected chi connectivity index (χ1v) is 12.1. The van der Waals surface area contributed by atoms with Gasteiger partial charge in [-0.2, -0.15) is 0 Å². The van der Waals surface area contributed by atoms with Crippen molar-refractivity contribution in [3.05, 3.63) is 35.2 Å². The average molecular weight is 463 g/mol. The lowest BCUT2D eigenvalue weighted by atomic mass is 9.93. The van der Waals surface area contributed by atoms with Gasteiger partial charge in [0.25, 0.3) is 5.91 Å². The van der Waals surface area contributed by atoms with E-state index in [1.807, 2.05) is 6.92 Å². The van der Waals surface area contributed by atoms with Gasteiger partial charge in [0.05, 0.1) is 16.7 Å². The summed E-state index contributed by atoms with van der Waals surface area (Å²) in [5.74, 6) is -0.0569. The minimum Gasteiger partial charge on any atom is -0.393 e. The molecule has 6 N–H and O–H groups in total. The molecule has 1 aromatic heterocycles. The lowest BCUT2D eigenvalue weighted by Crippen LogP contribution is -2.29. The fourth-order valence-electron chi connectivity index (χ4n) is 3.72. The predicted molar refractivity (Wildman–Crippen MR) is 123 cm³/mol. The Hall–Kier alpha value is -2.76. The number of aryl methyl sites for hydroxylation is 2. The van der Waals surface area contributed by atoms with Crippen LogP contribution in [-0.2, 0) is 16.4 Å². The second-order valence-corrected chi connectivity index (χ2v) is 9.75. The molecule has 1 aliphatic rings. The summed E-state index contributed by atoms with van der Waals surface area (Å²) in [6, 6.07) is 4.96. The van der Waals surface area contributed by atoms with Crippen LogP contribution in [0.2, 0.25) is 0 Å². The molecular weight excluding hydrogens is 432 g/mol. The van der Waals surface area contributed by atoms with E-state index in [-0.39, 0.29) is 28.6 Å². The number of hydrogen-bond donors (Lipinski definition) is 5.